The molecule has 0 fully saturated rings. The molecule has 1 radical (unpaired) electrons. The average Bonchev–Trinajstić information content (AvgIpc) is 3.16. The molecule has 0 amide bonds. The molecule has 5 nitrogen and oxygen atoms in total. The number of fused-ring (bicyclic) bond motifs is 3. The first-order chi connectivity index (χ1) is 16.6. The van der Waals surface area contributed by atoms with E-state index in [1.54, 1.807) is 6.20 Å². The molecule has 3 aromatic heterocycles. The average molecular weight is 682 g/mol. The molecule has 0 unspecified atom stereocenters. The van der Waals surface area contributed by atoms with Crippen molar-refractivity contribution in [2.45, 2.75) is 93.4 Å². The summed E-state index contributed by atoms with van der Waals surface area (Å²) in [6, 6.07) is 7.47. The monoisotopic (exact) mass is 682 g/mol. The van der Waals surface area contributed by atoms with Crippen LogP contribution in [0.3, 0.4) is 0 Å². The number of aliphatic hydroxyl groups excluding tert-OH is 1. The molecule has 0 atom stereocenters. The van der Waals surface area contributed by atoms with Gasteiger partial charge in [-0.25, -0.2) is 0 Å². The molecule has 0 spiro atoms. The predicted octanol–water partition coefficient (Wildman–Crippen LogP) is 7.95. The standard InChI is InChI=1S/C20H21N2O.C11H20O2.Ir/c1-20(2,3)13-8-10-21-16(12-13)14-9-11-22-18-15-6-4-5-7-17(15)23-19(14)18;1-10(2,3)8(12)7-9(13)11(4,5)6;/h8,10-12H,4-7H2,1-3H3;7,12H,1-6H3;/q-1;;/b;8-7-;. The van der Waals surface area contributed by atoms with E-state index in [0.717, 1.165) is 41.0 Å². The molecule has 4 rings (SSSR count). The minimum absolute atomic E-state index is 0. The number of carbonyl (C=O) groups is 1. The Morgan fingerprint density at radius 1 is 1.00 bits per heavy atom. The number of ketones is 1. The van der Waals surface area contributed by atoms with Gasteiger partial charge >= 0.3 is 0 Å². The van der Waals surface area contributed by atoms with Crippen molar-refractivity contribution in [2.75, 3.05) is 0 Å². The van der Waals surface area contributed by atoms with Gasteiger partial charge in [-0.15, -0.1) is 5.56 Å². The van der Waals surface area contributed by atoms with Crippen molar-refractivity contribution in [1.29, 1.82) is 0 Å². The first-order valence-corrected chi connectivity index (χ1v) is 12.8. The van der Waals surface area contributed by atoms with Gasteiger partial charge < -0.3 is 14.5 Å². The number of hydrogen-bond donors (Lipinski definition) is 1. The van der Waals surface area contributed by atoms with Crippen molar-refractivity contribution in [3.63, 3.8) is 0 Å². The van der Waals surface area contributed by atoms with Gasteiger partial charge in [0.1, 0.15) is 5.76 Å². The second-order valence-corrected chi connectivity index (χ2v) is 12.7. The van der Waals surface area contributed by atoms with Crippen molar-refractivity contribution in [2.24, 2.45) is 10.8 Å². The third-order valence-corrected chi connectivity index (χ3v) is 6.43. The van der Waals surface area contributed by atoms with E-state index >= 15 is 0 Å². The predicted molar refractivity (Wildman–Crippen MR) is 146 cm³/mol. The zero-order chi connectivity index (χ0) is 26.9. The number of hydrogen-bond acceptors (Lipinski definition) is 5. The molecule has 37 heavy (non-hydrogen) atoms. The van der Waals surface area contributed by atoms with Crippen molar-refractivity contribution >= 4 is 16.9 Å². The third-order valence-electron chi connectivity index (χ3n) is 6.43. The zero-order valence-electron chi connectivity index (χ0n) is 23.7. The van der Waals surface area contributed by atoms with Crippen LogP contribution in [0.2, 0.25) is 0 Å². The first kappa shape index (κ1) is 30.9. The Balaban J connectivity index is 0.000000299. The number of pyridine rings is 2. The minimum atomic E-state index is -0.417. The number of aryl methyl sites for hydroxylation is 2. The van der Waals surface area contributed by atoms with Gasteiger partial charge in [0.05, 0.1) is 11.3 Å². The normalized spacial score (nSPS) is 14.4. The van der Waals surface area contributed by atoms with Crippen LogP contribution in [0.5, 0.6) is 0 Å². The molecule has 0 aromatic carbocycles. The van der Waals surface area contributed by atoms with E-state index in [9.17, 15) is 9.90 Å². The Hall–Kier alpha value is -2.30. The van der Waals surface area contributed by atoms with Crippen molar-refractivity contribution in [1.82, 2.24) is 9.97 Å². The summed E-state index contributed by atoms with van der Waals surface area (Å²) in [6.45, 7) is 17.8. The molecule has 1 aliphatic carbocycles. The molecule has 0 bridgehead atoms. The summed E-state index contributed by atoms with van der Waals surface area (Å²) in [7, 11) is 0. The minimum Gasteiger partial charge on any atom is -0.517 e. The molecule has 0 saturated heterocycles. The van der Waals surface area contributed by atoms with E-state index in [1.807, 2.05) is 47.7 Å². The van der Waals surface area contributed by atoms with Gasteiger partial charge in [0.25, 0.3) is 0 Å². The Morgan fingerprint density at radius 2 is 1.65 bits per heavy atom. The summed E-state index contributed by atoms with van der Waals surface area (Å²) in [6.07, 6.45) is 9.46. The zero-order valence-corrected chi connectivity index (χ0v) is 26.1. The van der Waals surface area contributed by atoms with Gasteiger partial charge in [0.15, 0.2) is 5.78 Å². The van der Waals surface area contributed by atoms with E-state index in [1.165, 1.54) is 30.0 Å². The maximum absolute atomic E-state index is 11.5. The van der Waals surface area contributed by atoms with Gasteiger partial charge in [0, 0.05) is 60.8 Å². The molecule has 1 N–H and O–H groups in total. The number of aromatic nitrogens is 2. The Bertz CT molecular complexity index is 1270. The summed E-state index contributed by atoms with van der Waals surface area (Å²) >= 11 is 0. The van der Waals surface area contributed by atoms with Crippen LogP contribution in [0, 0.1) is 16.9 Å². The summed E-state index contributed by atoms with van der Waals surface area (Å²) in [5, 5.41) is 9.56. The van der Waals surface area contributed by atoms with Crippen LogP contribution in [-0.2, 0) is 43.2 Å². The largest absolute Gasteiger partial charge is 0.517 e. The van der Waals surface area contributed by atoms with Crippen LogP contribution in [-0.4, -0.2) is 20.9 Å². The number of carbonyl (C=O) groups excluding carboxylic acids is 1. The Kier molecular flexibility index (Phi) is 9.71. The topological polar surface area (TPSA) is 76.2 Å². The molecule has 0 saturated carbocycles. The van der Waals surface area contributed by atoms with Crippen LogP contribution in [0.15, 0.2) is 40.8 Å². The summed E-state index contributed by atoms with van der Waals surface area (Å²) in [4.78, 5) is 20.6. The number of rotatable bonds is 2. The maximum Gasteiger partial charge on any atom is 0.164 e. The maximum atomic E-state index is 11.5. The molecule has 1 aliphatic rings. The molecular formula is C31H41IrN2O3-. The SMILES string of the molecule is CC(C)(C)C(=O)/C=C(\O)C(C)(C)C.CC(C)(C)c1ccnc(-c2[c-]cnc3c4c(oc23)CCCC4)c1.[Ir]. The fourth-order valence-electron chi connectivity index (χ4n) is 3.86. The van der Waals surface area contributed by atoms with Crippen LogP contribution < -0.4 is 0 Å². The van der Waals surface area contributed by atoms with E-state index in [0.29, 0.717) is 0 Å². The summed E-state index contributed by atoms with van der Waals surface area (Å²) < 4.78 is 6.17. The van der Waals surface area contributed by atoms with Crippen LogP contribution in [0.4, 0.5) is 0 Å². The van der Waals surface area contributed by atoms with E-state index in [-0.39, 0.29) is 42.5 Å². The fourth-order valence-corrected chi connectivity index (χ4v) is 3.86. The molecule has 203 valence electrons. The molecule has 0 aliphatic heterocycles. The second-order valence-electron chi connectivity index (χ2n) is 12.7. The quantitative estimate of drug-likeness (QED) is 0.169. The molecular weight excluding hydrogens is 641 g/mol. The van der Waals surface area contributed by atoms with Gasteiger partial charge in [-0.1, -0.05) is 73.9 Å². The number of furan rings is 1. The van der Waals surface area contributed by atoms with Crippen molar-refractivity contribution in [3.8, 4) is 11.3 Å². The first-order valence-electron chi connectivity index (χ1n) is 12.8. The second kappa shape index (κ2) is 11.6. The summed E-state index contributed by atoms with van der Waals surface area (Å²) in [5.74, 6) is 1.21. The molecule has 6 heteroatoms. The van der Waals surface area contributed by atoms with Crippen molar-refractivity contribution in [3.05, 3.63) is 59.3 Å². The van der Waals surface area contributed by atoms with Crippen molar-refractivity contribution < 1.29 is 34.4 Å². The number of aliphatic hydroxyl groups is 1. The van der Waals surface area contributed by atoms with Gasteiger partial charge in [-0.3, -0.25) is 9.78 Å². The molecule has 3 aromatic rings. The van der Waals surface area contributed by atoms with Crippen LogP contribution >= 0.6 is 0 Å². The summed E-state index contributed by atoms with van der Waals surface area (Å²) in [5.41, 5.74) is 5.55. The van der Waals surface area contributed by atoms with Gasteiger partial charge in [0.2, 0.25) is 0 Å². The number of nitrogens with zero attached hydrogens (tertiary/aromatic N) is 2. The fraction of sp³-hybridized carbons (Fsp3) is 0.516. The van der Waals surface area contributed by atoms with E-state index in [2.05, 4.69) is 48.9 Å². The van der Waals surface area contributed by atoms with E-state index in [4.69, 9.17) is 4.42 Å². The third kappa shape index (κ3) is 7.61. The van der Waals surface area contributed by atoms with Gasteiger partial charge in [-0.2, -0.15) is 6.07 Å². The molecule has 3 heterocycles. The van der Waals surface area contributed by atoms with Crippen LogP contribution in [0.1, 0.15) is 92.0 Å². The van der Waals surface area contributed by atoms with Gasteiger partial charge in [-0.05, 0) is 42.6 Å². The number of allylic oxidation sites excluding steroid dienone is 2. The van der Waals surface area contributed by atoms with Crippen LogP contribution in [0.25, 0.3) is 22.4 Å². The van der Waals surface area contributed by atoms with E-state index < -0.39 is 5.41 Å². The smallest absolute Gasteiger partial charge is 0.164 e. The Morgan fingerprint density at radius 3 is 2.24 bits per heavy atom. The Labute approximate surface area is 235 Å².